The minimum absolute atomic E-state index is 0. The van der Waals surface area contributed by atoms with E-state index in [9.17, 15) is 9.59 Å². The molecule has 0 aliphatic carbocycles. The molecule has 0 atom stereocenters. The van der Waals surface area contributed by atoms with Crippen LogP contribution in [-0.4, -0.2) is 61.4 Å². The van der Waals surface area contributed by atoms with Crippen molar-refractivity contribution in [1.82, 2.24) is 15.1 Å². The van der Waals surface area contributed by atoms with Crippen molar-refractivity contribution in [3.8, 4) is 0 Å². The summed E-state index contributed by atoms with van der Waals surface area (Å²) in [6.45, 7) is 5.02. The normalized spacial score (nSPS) is 14.3. The Labute approximate surface area is 147 Å². The molecule has 130 valence electrons. The van der Waals surface area contributed by atoms with E-state index >= 15 is 0 Å². The molecule has 6 nitrogen and oxygen atoms in total. The van der Waals surface area contributed by atoms with Crippen molar-refractivity contribution in [3.05, 3.63) is 35.6 Å². The Kier molecular flexibility index (Phi) is 5.85. The van der Waals surface area contributed by atoms with Gasteiger partial charge in [0.25, 0.3) is 5.91 Å². The molecule has 0 saturated carbocycles. The Morgan fingerprint density at radius 1 is 1.25 bits per heavy atom. The molecule has 7 heteroatoms. The highest BCUT2D eigenvalue weighted by Gasteiger charge is 2.22. The maximum atomic E-state index is 12.5. The number of furan rings is 1. The van der Waals surface area contributed by atoms with Gasteiger partial charge in [-0.15, -0.1) is 12.4 Å². The monoisotopic (exact) mass is 351 g/mol. The summed E-state index contributed by atoms with van der Waals surface area (Å²) < 4.78 is 5.61. The Bertz CT molecular complexity index is 738. The number of likely N-dealkylation sites (N-methyl/N-ethyl adjacent to an activating group) is 1. The van der Waals surface area contributed by atoms with Crippen LogP contribution in [0.4, 0.5) is 0 Å². The Hall–Kier alpha value is -2.05. The van der Waals surface area contributed by atoms with Crippen molar-refractivity contribution in [1.29, 1.82) is 0 Å². The Balaban J connectivity index is 0.00000208. The SMILES string of the molecule is Cc1ccc2oc(C(=O)N(C)CC(=O)N3CCNCC3)cc2c1.Cl. The van der Waals surface area contributed by atoms with Gasteiger partial charge in [0, 0.05) is 38.6 Å². The van der Waals surface area contributed by atoms with Gasteiger partial charge in [0.05, 0.1) is 6.54 Å². The first-order chi connectivity index (χ1) is 11.0. The highest BCUT2D eigenvalue weighted by molar-refractivity contribution is 5.97. The van der Waals surface area contributed by atoms with Gasteiger partial charge in [0.1, 0.15) is 5.58 Å². The van der Waals surface area contributed by atoms with Gasteiger partial charge in [-0.2, -0.15) is 0 Å². The third-order valence-electron chi connectivity index (χ3n) is 4.07. The molecule has 24 heavy (non-hydrogen) atoms. The smallest absolute Gasteiger partial charge is 0.289 e. The second-order valence-electron chi connectivity index (χ2n) is 5.94. The number of benzene rings is 1. The van der Waals surface area contributed by atoms with Gasteiger partial charge in [-0.05, 0) is 25.1 Å². The van der Waals surface area contributed by atoms with Crippen LogP contribution in [0, 0.1) is 6.92 Å². The first-order valence-electron chi connectivity index (χ1n) is 7.79. The van der Waals surface area contributed by atoms with Gasteiger partial charge in [0.15, 0.2) is 5.76 Å². The van der Waals surface area contributed by atoms with Crippen LogP contribution in [0.15, 0.2) is 28.7 Å². The lowest BCUT2D eigenvalue weighted by molar-refractivity contribution is -0.132. The first kappa shape index (κ1) is 18.3. The third-order valence-corrected chi connectivity index (χ3v) is 4.07. The number of halogens is 1. The summed E-state index contributed by atoms with van der Waals surface area (Å²) in [5.41, 5.74) is 1.79. The molecule has 0 spiro atoms. The van der Waals surface area contributed by atoms with Crippen molar-refractivity contribution in [2.45, 2.75) is 6.92 Å². The van der Waals surface area contributed by atoms with E-state index in [0.29, 0.717) is 18.7 Å². The van der Waals surface area contributed by atoms with Crippen LogP contribution in [0.1, 0.15) is 16.1 Å². The number of carbonyl (C=O) groups is 2. The summed E-state index contributed by atoms with van der Waals surface area (Å²) in [5, 5.41) is 4.10. The van der Waals surface area contributed by atoms with E-state index in [-0.39, 0.29) is 36.5 Å². The first-order valence-corrected chi connectivity index (χ1v) is 7.79. The summed E-state index contributed by atoms with van der Waals surface area (Å²) >= 11 is 0. The molecule has 1 saturated heterocycles. The molecule has 2 aromatic rings. The number of hydrogen-bond donors (Lipinski definition) is 1. The molecular weight excluding hydrogens is 330 g/mol. The van der Waals surface area contributed by atoms with Gasteiger partial charge in [-0.3, -0.25) is 9.59 Å². The zero-order valence-electron chi connectivity index (χ0n) is 13.9. The van der Waals surface area contributed by atoms with E-state index in [0.717, 1.165) is 24.0 Å². The average Bonchev–Trinajstić information content (AvgIpc) is 2.97. The molecule has 0 unspecified atom stereocenters. The van der Waals surface area contributed by atoms with Crippen LogP contribution in [0.25, 0.3) is 11.0 Å². The van der Waals surface area contributed by atoms with Gasteiger partial charge in [-0.25, -0.2) is 0 Å². The number of carbonyl (C=O) groups excluding carboxylic acids is 2. The number of rotatable bonds is 3. The molecule has 1 fully saturated rings. The zero-order chi connectivity index (χ0) is 16.4. The summed E-state index contributed by atoms with van der Waals surface area (Å²) in [4.78, 5) is 27.9. The number of nitrogens with zero attached hydrogens (tertiary/aromatic N) is 2. The average molecular weight is 352 g/mol. The summed E-state index contributed by atoms with van der Waals surface area (Å²) in [6.07, 6.45) is 0. The second-order valence-corrected chi connectivity index (χ2v) is 5.94. The van der Waals surface area contributed by atoms with Crippen molar-refractivity contribution in [2.75, 3.05) is 39.8 Å². The van der Waals surface area contributed by atoms with E-state index in [1.165, 1.54) is 4.90 Å². The molecule has 3 rings (SSSR count). The molecule has 1 aromatic heterocycles. The van der Waals surface area contributed by atoms with Gasteiger partial charge < -0.3 is 19.5 Å². The maximum absolute atomic E-state index is 12.5. The largest absolute Gasteiger partial charge is 0.451 e. The molecule has 1 aliphatic heterocycles. The van der Waals surface area contributed by atoms with E-state index in [2.05, 4.69) is 5.32 Å². The number of hydrogen-bond acceptors (Lipinski definition) is 4. The standard InChI is InChI=1S/C17H21N3O3.ClH/c1-12-3-4-14-13(9-12)10-15(23-14)17(22)19(2)11-16(21)20-7-5-18-6-8-20;/h3-4,9-10,18H,5-8,11H2,1-2H3;1H. The summed E-state index contributed by atoms with van der Waals surface area (Å²) in [6, 6.07) is 7.50. The number of aryl methyl sites for hydroxylation is 1. The molecule has 1 aromatic carbocycles. The fraction of sp³-hybridized carbons (Fsp3) is 0.412. The van der Waals surface area contributed by atoms with Crippen molar-refractivity contribution in [3.63, 3.8) is 0 Å². The van der Waals surface area contributed by atoms with Crippen LogP contribution in [-0.2, 0) is 4.79 Å². The predicted molar refractivity (Wildman–Crippen MR) is 94.6 cm³/mol. The zero-order valence-corrected chi connectivity index (χ0v) is 14.7. The van der Waals surface area contributed by atoms with Crippen molar-refractivity contribution in [2.24, 2.45) is 0 Å². The van der Waals surface area contributed by atoms with Gasteiger partial charge >= 0.3 is 0 Å². The van der Waals surface area contributed by atoms with Crippen LogP contribution < -0.4 is 5.32 Å². The number of fused-ring (bicyclic) bond motifs is 1. The number of amides is 2. The lowest BCUT2D eigenvalue weighted by Gasteiger charge is -2.29. The fourth-order valence-corrected chi connectivity index (χ4v) is 2.75. The van der Waals surface area contributed by atoms with Crippen molar-refractivity contribution < 1.29 is 14.0 Å². The van der Waals surface area contributed by atoms with Gasteiger partial charge in [0.2, 0.25) is 5.91 Å². The van der Waals surface area contributed by atoms with E-state index < -0.39 is 0 Å². The van der Waals surface area contributed by atoms with Crippen molar-refractivity contribution >= 4 is 35.2 Å². The van der Waals surface area contributed by atoms with Gasteiger partial charge in [-0.1, -0.05) is 11.6 Å². The fourth-order valence-electron chi connectivity index (χ4n) is 2.75. The molecule has 1 aliphatic rings. The maximum Gasteiger partial charge on any atom is 0.289 e. The lowest BCUT2D eigenvalue weighted by atomic mass is 10.2. The highest BCUT2D eigenvalue weighted by Crippen LogP contribution is 2.21. The molecule has 1 N–H and O–H groups in total. The predicted octanol–water partition coefficient (Wildman–Crippen LogP) is 1.67. The second kappa shape index (κ2) is 7.68. The third kappa shape index (κ3) is 3.88. The molecular formula is C17H22ClN3O3. The lowest BCUT2D eigenvalue weighted by Crippen LogP contribution is -2.49. The van der Waals surface area contributed by atoms with E-state index in [4.69, 9.17) is 4.42 Å². The quantitative estimate of drug-likeness (QED) is 0.913. The minimum Gasteiger partial charge on any atom is -0.451 e. The molecule has 0 radical (unpaired) electrons. The number of piperazine rings is 1. The summed E-state index contributed by atoms with van der Waals surface area (Å²) in [7, 11) is 1.63. The van der Waals surface area contributed by atoms with E-state index in [1.807, 2.05) is 25.1 Å². The molecule has 2 heterocycles. The topological polar surface area (TPSA) is 65.8 Å². The molecule has 0 bridgehead atoms. The van der Waals surface area contributed by atoms with Crippen LogP contribution in [0.5, 0.6) is 0 Å². The van der Waals surface area contributed by atoms with Crippen LogP contribution in [0.2, 0.25) is 0 Å². The Morgan fingerprint density at radius 2 is 1.96 bits per heavy atom. The van der Waals surface area contributed by atoms with E-state index in [1.54, 1.807) is 18.0 Å². The Morgan fingerprint density at radius 3 is 2.67 bits per heavy atom. The molecule has 2 amide bonds. The van der Waals surface area contributed by atoms with Crippen LogP contribution >= 0.6 is 12.4 Å². The summed E-state index contributed by atoms with van der Waals surface area (Å²) in [5.74, 6) is -0.0437. The van der Waals surface area contributed by atoms with Crippen LogP contribution in [0.3, 0.4) is 0 Å². The highest BCUT2D eigenvalue weighted by atomic mass is 35.5. The minimum atomic E-state index is -0.276. The number of nitrogens with one attached hydrogen (secondary N) is 1.